The maximum absolute atomic E-state index is 11.9. The van der Waals surface area contributed by atoms with E-state index in [1.807, 2.05) is 6.92 Å². The smallest absolute Gasteiger partial charge is 0.223 e. The largest absolute Gasteiger partial charge is 0.369 e. The topological polar surface area (TPSA) is 68.0 Å². The zero-order valence-corrected chi connectivity index (χ0v) is 13.6. The molecular formula is C14H17BrClN3O. The van der Waals surface area contributed by atoms with Crippen LogP contribution in [0.4, 0.5) is 5.82 Å². The summed E-state index contributed by atoms with van der Waals surface area (Å²) in [7, 11) is 0. The Labute approximate surface area is 131 Å². The van der Waals surface area contributed by atoms with Crippen molar-refractivity contribution >= 4 is 39.3 Å². The molecule has 1 aliphatic carbocycles. The molecule has 0 aromatic carbocycles. The number of anilines is 1. The first-order chi connectivity index (χ1) is 9.44. The minimum Gasteiger partial charge on any atom is -0.369 e. The number of amides is 1. The Bertz CT molecular complexity index is 594. The van der Waals surface area contributed by atoms with Gasteiger partial charge in [0, 0.05) is 29.1 Å². The molecule has 2 atom stereocenters. The average molecular weight is 359 g/mol. The SMILES string of the molecule is CCC1(C(N)=O)CCC2(CNc3ncc(Br)c(Cl)c32)C1. The fourth-order valence-corrected chi connectivity index (χ4v) is 4.42. The predicted molar refractivity (Wildman–Crippen MR) is 82.9 cm³/mol. The van der Waals surface area contributed by atoms with Crippen molar-refractivity contribution in [1.82, 2.24) is 4.98 Å². The van der Waals surface area contributed by atoms with Crippen molar-refractivity contribution < 1.29 is 4.79 Å². The summed E-state index contributed by atoms with van der Waals surface area (Å²) in [6, 6.07) is 0. The summed E-state index contributed by atoms with van der Waals surface area (Å²) < 4.78 is 0.800. The number of hydrogen-bond acceptors (Lipinski definition) is 3. The van der Waals surface area contributed by atoms with Crippen LogP contribution in [0.25, 0.3) is 0 Å². The van der Waals surface area contributed by atoms with E-state index in [2.05, 4.69) is 26.2 Å². The first-order valence-electron chi connectivity index (χ1n) is 6.82. The van der Waals surface area contributed by atoms with Crippen LogP contribution in [0.2, 0.25) is 5.02 Å². The summed E-state index contributed by atoms with van der Waals surface area (Å²) in [6.07, 6.45) is 4.98. The van der Waals surface area contributed by atoms with Crippen LogP contribution >= 0.6 is 27.5 Å². The molecule has 1 aromatic heterocycles. The number of carbonyl (C=O) groups is 1. The molecule has 0 radical (unpaired) electrons. The second-order valence-corrected chi connectivity index (χ2v) is 7.18. The summed E-state index contributed by atoms with van der Waals surface area (Å²) in [5.74, 6) is 0.652. The van der Waals surface area contributed by atoms with Crippen molar-refractivity contribution in [3.8, 4) is 0 Å². The maximum Gasteiger partial charge on any atom is 0.223 e. The summed E-state index contributed by atoms with van der Waals surface area (Å²) in [6.45, 7) is 2.81. The van der Waals surface area contributed by atoms with Crippen LogP contribution < -0.4 is 11.1 Å². The third-order valence-electron chi connectivity index (χ3n) is 5.06. The lowest BCUT2D eigenvalue weighted by Crippen LogP contribution is -2.37. The number of nitrogens with two attached hydrogens (primary N) is 1. The molecule has 1 aromatic rings. The van der Waals surface area contributed by atoms with Crippen LogP contribution in [0, 0.1) is 5.41 Å². The van der Waals surface area contributed by atoms with Crippen LogP contribution in [-0.2, 0) is 10.2 Å². The van der Waals surface area contributed by atoms with Gasteiger partial charge in [0.05, 0.1) is 9.50 Å². The molecule has 1 saturated carbocycles. The minimum atomic E-state index is -0.408. The van der Waals surface area contributed by atoms with E-state index < -0.39 is 5.41 Å². The fraction of sp³-hybridized carbons (Fsp3) is 0.571. The Morgan fingerprint density at radius 2 is 2.35 bits per heavy atom. The van der Waals surface area contributed by atoms with E-state index in [-0.39, 0.29) is 11.3 Å². The highest BCUT2D eigenvalue weighted by Gasteiger charge is 2.55. The second-order valence-electron chi connectivity index (χ2n) is 5.95. The van der Waals surface area contributed by atoms with Crippen LogP contribution in [0.3, 0.4) is 0 Å². The molecule has 2 heterocycles. The van der Waals surface area contributed by atoms with E-state index in [1.165, 1.54) is 0 Å². The van der Waals surface area contributed by atoms with Crippen molar-refractivity contribution in [1.29, 1.82) is 0 Å². The molecule has 2 aliphatic rings. The standard InChI is InChI=1S/C14H17BrClN3O/c1-2-13(12(17)20)3-4-14(6-13)7-19-11-9(14)10(16)8(15)5-18-11/h5H,2-4,6-7H2,1H3,(H2,17,20)(H,18,19). The third kappa shape index (κ3) is 1.79. The lowest BCUT2D eigenvalue weighted by molar-refractivity contribution is -0.127. The Kier molecular flexibility index (Phi) is 3.25. The number of pyridine rings is 1. The summed E-state index contributed by atoms with van der Waals surface area (Å²) in [5, 5.41) is 4.04. The molecule has 3 rings (SSSR count). The number of halogens is 2. The molecular weight excluding hydrogens is 342 g/mol. The molecule has 108 valence electrons. The number of rotatable bonds is 2. The van der Waals surface area contributed by atoms with Gasteiger partial charge in [-0.3, -0.25) is 4.79 Å². The summed E-state index contributed by atoms with van der Waals surface area (Å²) in [4.78, 5) is 16.3. The van der Waals surface area contributed by atoms with E-state index in [4.69, 9.17) is 17.3 Å². The maximum atomic E-state index is 11.9. The number of primary amides is 1. The molecule has 0 saturated heterocycles. The number of carbonyl (C=O) groups excluding carboxylic acids is 1. The molecule has 20 heavy (non-hydrogen) atoms. The molecule has 1 spiro atoms. The van der Waals surface area contributed by atoms with Gasteiger partial charge in [-0.2, -0.15) is 0 Å². The van der Waals surface area contributed by atoms with E-state index >= 15 is 0 Å². The van der Waals surface area contributed by atoms with E-state index in [0.29, 0.717) is 5.02 Å². The molecule has 1 amide bonds. The van der Waals surface area contributed by atoms with Crippen molar-refractivity contribution in [2.45, 2.75) is 38.0 Å². The lowest BCUT2D eigenvalue weighted by Gasteiger charge is -2.29. The molecule has 1 fully saturated rings. The first-order valence-corrected chi connectivity index (χ1v) is 7.99. The highest BCUT2D eigenvalue weighted by atomic mass is 79.9. The van der Waals surface area contributed by atoms with Gasteiger partial charge in [0.1, 0.15) is 5.82 Å². The zero-order valence-electron chi connectivity index (χ0n) is 11.3. The van der Waals surface area contributed by atoms with Crippen LogP contribution in [0.1, 0.15) is 38.2 Å². The normalized spacial score (nSPS) is 31.4. The first kappa shape index (κ1) is 14.1. The van der Waals surface area contributed by atoms with Gasteiger partial charge in [-0.1, -0.05) is 18.5 Å². The van der Waals surface area contributed by atoms with E-state index in [1.54, 1.807) is 6.20 Å². The predicted octanol–water partition coefficient (Wildman–Crippen LogP) is 3.23. The number of nitrogens with one attached hydrogen (secondary N) is 1. The lowest BCUT2D eigenvalue weighted by atomic mass is 9.75. The fourth-order valence-electron chi connectivity index (χ4n) is 3.78. The Morgan fingerprint density at radius 3 is 2.95 bits per heavy atom. The van der Waals surface area contributed by atoms with Crippen LogP contribution in [-0.4, -0.2) is 17.4 Å². The van der Waals surface area contributed by atoms with Gasteiger partial charge in [-0.05, 0) is 41.6 Å². The monoisotopic (exact) mass is 357 g/mol. The van der Waals surface area contributed by atoms with E-state index in [9.17, 15) is 4.79 Å². The van der Waals surface area contributed by atoms with Gasteiger partial charge >= 0.3 is 0 Å². The van der Waals surface area contributed by atoms with Gasteiger partial charge in [0.25, 0.3) is 0 Å². The minimum absolute atomic E-state index is 0.117. The van der Waals surface area contributed by atoms with Gasteiger partial charge in [0.2, 0.25) is 5.91 Å². The number of fused-ring (bicyclic) bond motifs is 2. The molecule has 6 heteroatoms. The number of hydrogen-bond donors (Lipinski definition) is 2. The van der Waals surface area contributed by atoms with Crippen molar-refractivity contribution in [2.75, 3.05) is 11.9 Å². The number of nitrogens with zero attached hydrogens (tertiary/aromatic N) is 1. The van der Waals surface area contributed by atoms with Crippen molar-refractivity contribution in [3.05, 3.63) is 21.3 Å². The van der Waals surface area contributed by atoms with Crippen LogP contribution in [0.5, 0.6) is 0 Å². The van der Waals surface area contributed by atoms with Crippen molar-refractivity contribution in [3.63, 3.8) is 0 Å². The van der Waals surface area contributed by atoms with Crippen molar-refractivity contribution in [2.24, 2.45) is 11.1 Å². The van der Waals surface area contributed by atoms with E-state index in [0.717, 1.165) is 48.1 Å². The van der Waals surface area contributed by atoms with Gasteiger partial charge in [-0.15, -0.1) is 0 Å². The molecule has 2 unspecified atom stereocenters. The van der Waals surface area contributed by atoms with Crippen LogP contribution in [0.15, 0.2) is 10.7 Å². The summed E-state index contributed by atoms with van der Waals surface area (Å²) in [5.41, 5.74) is 6.19. The zero-order chi connectivity index (χ0) is 14.5. The van der Waals surface area contributed by atoms with Gasteiger partial charge in [-0.25, -0.2) is 4.98 Å². The molecule has 4 nitrogen and oxygen atoms in total. The molecule has 1 aliphatic heterocycles. The second kappa shape index (κ2) is 4.60. The Hall–Kier alpha value is -0.810. The average Bonchev–Trinajstić information content (AvgIpc) is 2.98. The van der Waals surface area contributed by atoms with Gasteiger partial charge in [0.15, 0.2) is 0 Å². The number of aromatic nitrogens is 1. The van der Waals surface area contributed by atoms with Gasteiger partial charge < -0.3 is 11.1 Å². The third-order valence-corrected chi connectivity index (χ3v) is 6.28. The Morgan fingerprint density at radius 1 is 1.60 bits per heavy atom. The molecule has 3 N–H and O–H groups in total. The highest BCUT2D eigenvalue weighted by Crippen LogP contribution is 2.57. The Balaban J connectivity index is 2.08. The highest BCUT2D eigenvalue weighted by molar-refractivity contribution is 9.10. The molecule has 0 bridgehead atoms. The summed E-state index contributed by atoms with van der Waals surface area (Å²) >= 11 is 9.92. The quantitative estimate of drug-likeness (QED) is 0.853.